The number of imidazole rings is 1. The average molecular weight is 320 g/mol. The Labute approximate surface area is 118 Å². The van der Waals surface area contributed by atoms with Gasteiger partial charge in [-0.1, -0.05) is 15.9 Å². The highest BCUT2D eigenvalue weighted by Gasteiger charge is 2.13. The monoisotopic (exact) mass is 319 g/mol. The van der Waals surface area contributed by atoms with E-state index in [0.717, 1.165) is 21.4 Å². The third kappa shape index (κ3) is 2.00. The van der Waals surface area contributed by atoms with Crippen LogP contribution in [0.15, 0.2) is 40.9 Å². The lowest BCUT2D eigenvalue weighted by atomic mass is 10.2. The number of halogens is 2. The summed E-state index contributed by atoms with van der Waals surface area (Å²) in [7, 11) is 1.90. The van der Waals surface area contributed by atoms with E-state index in [9.17, 15) is 4.39 Å². The first kappa shape index (κ1) is 12.2. The van der Waals surface area contributed by atoms with Gasteiger partial charge in [0.05, 0.1) is 11.0 Å². The molecule has 5 heteroatoms. The molecule has 0 saturated heterocycles. The SMILES string of the molecule is Cn1c(-c2cc(N)ccc2Br)nc2cc(F)ccc21. The highest BCUT2D eigenvalue weighted by Crippen LogP contribution is 2.31. The number of rotatable bonds is 1. The van der Waals surface area contributed by atoms with E-state index in [2.05, 4.69) is 20.9 Å². The van der Waals surface area contributed by atoms with E-state index in [1.165, 1.54) is 12.1 Å². The highest BCUT2D eigenvalue weighted by molar-refractivity contribution is 9.10. The molecule has 0 radical (unpaired) electrons. The second-order valence-electron chi connectivity index (χ2n) is 4.37. The van der Waals surface area contributed by atoms with Crippen molar-refractivity contribution in [1.82, 2.24) is 9.55 Å². The molecule has 0 amide bonds. The van der Waals surface area contributed by atoms with Crippen LogP contribution < -0.4 is 5.73 Å². The van der Waals surface area contributed by atoms with Gasteiger partial charge in [-0.05, 0) is 30.3 Å². The van der Waals surface area contributed by atoms with Gasteiger partial charge in [0.15, 0.2) is 0 Å². The summed E-state index contributed by atoms with van der Waals surface area (Å²) in [4.78, 5) is 4.48. The van der Waals surface area contributed by atoms with Crippen LogP contribution in [0, 0.1) is 5.82 Å². The predicted molar refractivity (Wildman–Crippen MR) is 78.2 cm³/mol. The van der Waals surface area contributed by atoms with Crippen LogP contribution in [0.1, 0.15) is 0 Å². The normalized spacial score (nSPS) is 11.1. The maximum Gasteiger partial charge on any atom is 0.142 e. The smallest absolute Gasteiger partial charge is 0.142 e. The minimum absolute atomic E-state index is 0.288. The number of nitrogens with two attached hydrogens (primary N) is 1. The average Bonchev–Trinajstić information content (AvgIpc) is 2.69. The number of aryl methyl sites for hydroxylation is 1. The van der Waals surface area contributed by atoms with E-state index in [-0.39, 0.29) is 5.82 Å². The van der Waals surface area contributed by atoms with Crippen LogP contribution in [0.3, 0.4) is 0 Å². The van der Waals surface area contributed by atoms with E-state index in [1.807, 2.05) is 29.8 Å². The highest BCUT2D eigenvalue weighted by atomic mass is 79.9. The number of nitrogen functional groups attached to an aromatic ring is 1. The maximum atomic E-state index is 13.2. The Kier molecular flexibility index (Phi) is 2.78. The quantitative estimate of drug-likeness (QED) is 0.695. The Balaban J connectivity index is 2.30. The Hall–Kier alpha value is -1.88. The number of aromatic nitrogens is 2. The molecular weight excluding hydrogens is 309 g/mol. The fraction of sp³-hybridized carbons (Fsp3) is 0.0714. The predicted octanol–water partition coefficient (Wildman–Crippen LogP) is 3.72. The molecular formula is C14H11BrFN3. The number of nitrogens with zero attached hydrogens (tertiary/aromatic N) is 2. The summed E-state index contributed by atoms with van der Waals surface area (Å²) in [5.41, 5.74) is 8.88. The van der Waals surface area contributed by atoms with Crippen LogP contribution >= 0.6 is 15.9 Å². The first-order chi connectivity index (χ1) is 9.06. The number of benzene rings is 2. The van der Waals surface area contributed by atoms with Crippen molar-refractivity contribution in [2.24, 2.45) is 7.05 Å². The summed E-state index contributed by atoms with van der Waals surface area (Å²) in [6.07, 6.45) is 0. The number of fused-ring (bicyclic) bond motifs is 1. The van der Waals surface area contributed by atoms with Crippen molar-refractivity contribution in [3.8, 4) is 11.4 Å². The minimum atomic E-state index is -0.288. The van der Waals surface area contributed by atoms with Gasteiger partial charge in [0.2, 0.25) is 0 Å². The second-order valence-corrected chi connectivity index (χ2v) is 5.22. The number of anilines is 1. The third-order valence-corrected chi connectivity index (χ3v) is 3.77. The van der Waals surface area contributed by atoms with Gasteiger partial charge in [0.1, 0.15) is 11.6 Å². The van der Waals surface area contributed by atoms with Crippen LogP contribution in [-0.2, 0) is 7.05 Å². The largest absolute Gasteiger partial charge is 0.399 e. The number of hydrogen-bond acceptors (Lipinski definition) is 2. The molecule has 2 aromatic carbocycles. The van der Waals surface area contributed by atoms with Crippen LogP contribution in [0.2, 0.25) is 0 Å². The molecule has 3 rings (SSSR count). The number of hydrogen-bond donors (Lipinski definition) is 1. The zero-order valence-corrected chi connectivity index (χ0v) is 11.8. The van der Waals surface area contributed by atoms with Crippen molar-refractivity contribution in [3.05, 3.63) is 46.7 Å². The van der Waals surface area contributed by atoms with Crippen molar-refractivity contribution in [3.63, 3.8) is 0 Å². The van der Waals surface area contributed by atoms with E-state index >= 15 is 0 Å². The molecule has 0 bridgehead atoms. The molecule has 96 valence electrons. The molecule has 0 aliphatic carbocycles. The third-order valence-electron chi connectivity index (χ3n) is 3.07. The van der Waals surface area contributed by atoms with Crippen molar-refractivity contribution in [1.29, 1.82) is 0 Å². The Morgan fingerprint density at radius 3 is 2.79 bits per heavy atom. The van der Waals surface area contributed by atoms with Crippen molar-refractivity contribution in [2.45, 2.75) is 0 Å². The summed E-state index contributed by atoms with van der Waals surface area (Å²) in [5, 5.41) is 0. The summed E-state index contributed by atoms with van der Waals surface area (Å²) in [6, 6.07) is 10.1. The molecule has 3 aromatic rings. The van der Waals surface area contributed by atoms with Gasteiger partial charge >= 0.3 is 0 Å². The maximum absolute atomic E-state index is 13.2. The van der Waals surface area contributed by atoms with E-state index < -0.39 is 0 Å². The standard InChI is InChI=1S/C14H11BrFN3/c1-19-13-5-2-8(16)6-12(13)18-14(19)10-7-9(17)3-4-11(10)15/h2-7H,17H2,1H3. The molecule has 0 fully saturated rings. The fourth-order valence-corrected chi connectivity index (χ4v) is 2.55. The minimum Gasteiger partial charge on any atom is -0.399 e. The lowest BCUT2D eigenvalue weighted by Crippen LogP contribution is -1.94. The second kappa shape index (κ2) is 4.35. The molecule has 0 saturated carbocycles. The van der Waals surface area contributed by atoms with E-state index in [0.29, 0.717) is 11.2 Å². The van der Waals surface area contributed by atoms with Crippen molar-refractivity contribution < 1.29 is 4.39 Å². The van der Waals surface area contributed by atoms with E-state index in [1.54, 1.807) is 6.07 Å². The lowest BCUT2D eigenvalue weighted by Gasteiger charge is -2.06. The van der Waals surface area contributed by atoms with Gasteiger partial charge in [-0.2, -0.15) is 0 Å². The summed E-state index contributed by atoms with van der Waals surface area (Å²) >= 11 is 3.49. The molecule has 19 heavy (non-hydrogen) atoms. The van der Waals surface area contributed by atoms with E-state index in [4.69, 9.17) is 5.73 Å². The van der Waals surface area contributed by atoms with Gasteiger partial charge in [0.25, 0.3) is 0 Å². The molecule has 0 atom stereocenters. The molecule has 0 aliphatic heterocycles. The van der Waals surface area contributed by atoms with Crippen LogP contribution in [0.4, 0.5) is 10.1 Å². The van der Waals surface area contributed by atoms with Crippen LogP contribution in [-0.4, -0.2) is 9.55 Å². The van der Waals surface area contributed by atoms with Gasteiger partial charge in [-0.3, -0.25) is 0 Å². The van der Waals surface area contributed by atoms with Crippen LogP contribution in [0.25, 0.3) is 22.4 Å². The molecule has 0 unspecified atom stereocenters. The first-order valence-electron chi connectivity index (χ1n) is 5.73. The summed E-state index contributed by atoms with van der Waals surface area (Å²) in [6.45, 7) is 0. The Morgan fingerprint density at radius 2 is 2.00 bits per heavy atom. The molecule has 0 spiro atoms. The fourth-order valence-electron chi connectivity index (χ4n) is 2.13. The lowest BCUT2D eigenvalue weighted by molar-refractivity contribution is 0.629. The molecule has 3 nitrogen and oxygen atoms in total. The Bertz CT molecular complexity index is 780. The molecule has 1 heterocycles. The summed E-state index contributed by atoms with van der Waals surface area (Å²) in [5.74, 6) is 0.462. The van der Waals surface area contributed by atoms with Crippen molar-refractivity contribution in [2.75, 3.05) is 5.73 Å². The Morgan fingerprint density at radius 1 is 1.21 bits per heavy atom. The zero-order valence-electron chi connectivity index (χ0n) is 10.2. The van der Waals surface area contributed by atoms with Crippen LogP contribution in [0.5, 0.6) is 0 Å². The van der Waals surface area contributed by atoms with Gasteiger partial charge in [-0.15, -0.1) is 0 Å². The zero-order chi connectivity index (χ0) is 13.6. The summed E-state index contributed by atoms with van der Waals surface area (Å²) < 4.78 is 16.1. The topological polar surface area (TPSA) is 43.8 Å². The van der Waals surface area contributed by atoms with Gasteiger partial charge < -0.3 is 10.3 Å². The van der Waals surface area contributed by atoms with Crippen molar-refractivity contribution >= 4 is 32.7 Å². The van der Waals surface area contributed by atoms with Gasteiger partial charge in [-0.25, -0.2) is 9.37 Å². The van der Waals surface area contributed by atoms with Gasteiger partial charge in [0, 0.05) is 28.8 Å². The molecule has 1 aromatic heterocycles. The first-order valence-corrected chi connectivity index (χ1v) is 6.53. The molecule has 0 aliphatic rings. The molecule has 2 N–H and O–H groups in total.